The summed E-state index contributed by atoms with van der Waals surface area (Å²) in [4.78, 5) is 29.3. The Hall–Kier alpha value is -3.14. The van der Waals surface area contributed by atoms with E-state index in [1.165, 1.54) is 30.6 Å². The van der Waals surface area contributed by atoms with Crippen LogP contribution in [0.4, 0.5) is 20.2 Å². The highest BCUT2D eigenvalue weighted by Crippen LogP contribution is 2.39. The van der Waals surface area contributed by atoms with Gasteiger partial charge in [-0.2, -0.15) is 8.78 Å². The minimum atomic E-state index is -3.12. The van der Waals surface area contributed by atoms with Crippen molar-refractivity contribution in [1.29, 1.82) is 0 Å². The van der Waals surface area contributed by atoms with Crippen molar-refractivity contribution in [3.63, 3.8) is 0 Å². The second kappa shape index (κ2) is 10.2. The number of ether oxygens (including phenoxy) is 1. The molecule has 4 aromatic rings. The molecular weight excluding hydrogens is 527 g/mol. The summed E-state index contributed by atoms with van der Waals surface area (Å²) >= 11 is 18.2. The Morgan fingerprint density at radius 2 is 1.83 bits per heavy atom. The van der Waals surface area contributed by atoms with Crippen molar-refractivity contribution < 1.29 is 27.5 Å². The number of hydrogen-bond donors (Lipinski definition) is 2. The van der Waals surface area contributed by atoms with E-state index in [1.54, 1.807) is 19.1 Å². The maximum atomic E-state index is 13.2. The number of alkyl halides is 3. The third kappa shape index (κ3) is 5.12. The number of aromatic nitrogens is 1. The fourth-order valence-electron chi connectivity index (χ4n) is 3.43. The summed E-state index contributed by atoms with van der Waals surface area (Å²) in [5.41, 5.74) is 0.762. The number of carbonyl (C=O) groups is 2. The lowest BCUT2D eigenvalue weighted by molar-refractivity contribution is -0.115. The topological polar surface area (TPSA) is 93.5 Å². The van der Waals surface area contributed by atoms with Gasteiger partial charge in [-0.25, -0.2) is 0 Å². The quantitative estimate of drug-likeness (QED) is 0.243. The lowest BCUT2D eigenvalue weighted by atomic mass is 10.0. The summed E-state index contributed by atoms with van der Waals surface area (Å²) in [5, 5.41) is 5.32. The van der Waals surface area contributed by atoms with Gasteiger partial charge in [0.05, 0.1) is 21.3 Å². The van der Waals surface area contributed by atoms with E-state index in [1.807, 2.05) is 0 Å². The molecule has 2 aromatic heterocycles. The minimum Gasteiger partial charge on any atom is -0.452 e. The van der Waals surface area contributed by atoms with Gasteiger partial charge in [0.25, 0.3) is 5.91 Å². The van der Waals surface area contributed by atoms with Crippen LogP contribution in [0.25, 0.3) is 21.9 Å². The Morgan fingerprint density at radius 1 is 1.11 bits per heavy atom. The van der Waals surface area contributed by atoms with Crippen molar-refractivity contribution in [2.24, 2.45) is 0 Å². The summed E-state index contributed by atoms with van der Waals surface area (Å²) in [6.45, 7) is -1.36. The average Bonchev–Trinajstić information content (AvgIpc) is 3.20. The Morgan fingerprint density at radius 3 is 2.49 bits per heavy atom. The number of anilines is 2. The van der Waals surface area contributed by atoms with Crippen LogP contribution in [-0.2, 0) is 4.79 Å². The third-order valence-electron chi connectivity index (χ3n) is 5.05. The fourth-order valence-corrected chi connectivity index (χ4v) is 3.94. The Labute approximate surface area is 212 Å². The molecule has 0 aliphatic rings. The van der Waals surface area contributed by atoms with E-state index >= 15 is 0 Å². The lowest BCUT2D eigenvalue weighted by Crippen LogP contribution is -2.22. The van der Waals surface area contributed by atoms with Crippen LogP contribution >= 0.6 is 34.8 Å². The number of nitrogens with one attached hydrogen (secondary N) is 2. The Kier molecular flexibility index (Phi) is 7.30. The number of halogens is 5. The number of benzene rings is 2. The van der Waals surface area contributed by atoms with E-state index in [9.17, 15) is 18.4 Å². The summed E-state index contributed by atoms with van der Waals surface area (Å²) in [5.74, 6) is -1.32. The van der Waals surface area contributed by atoms with Gasteiger partial charge >= 0.3 is 6.61 Å². The maximum Gasteiger partial charge on any atom is 0.387 e. The summed E-state index contributed by atoms with van der Waals surface area (Å²) < 4.78 is 36.4. The number of amides is 2. The van der Waals surface area contributed by atoms with Gasteiger partial charge in [0.2, 0.25) is 5.91 Å². The lowest BCUT2D eigenvalue weighted by Gasteiger charge is -2.11. The second-order valence-electron chi connectivity index (χ2n) is 7.30. The number of hydrogen-bond acceptors (Lipinski definition) is 5. The Bertz CT molecular complexity index is 1420. The van der Waals surface area contributed by atoms with Gasteiger partial charge in [0.1, 0.15) is 11.0 Å². The predicted molar refractivity (Wildman–Crippen MR) is 131 cm³/mol. The molecule has 0 bridgehead atoms. The molecule has 0 spiro atoms. The molecule has 0 saturated carbocycles. The molecule has 2 N–H and O–H groups in total. The van der Waals surface area contributed by atoms with Crippen LogP contribution in [0.5, 0.6) is 5.75 Å². The first-order valence-electron chi connectivity index (χ1n) is 10.2. The van der Waals surface area contributed by atoms with Gasteiger partial charge in [-0.05, 0) is 36.8 Å². The molecule has 0 aliphatic carbocycles. The van der Waals surface area contributed by atoms with Crippen LogP contribution in [0, 0.1) is 0 Å². The van der Waals surface area contributed by atoms with Crippen LogP contribution < -0.4 is 15.4 Å². The van der Waals surface area contributed by atoms with Gasteiger partial charge in [-0.3, -0.25) is 14.6 Å². The van der Waals surface area contributed by atoms with Gasteiger partial charge in [0.15, 0.2) is 11.3 Å². The van der Waals surface area contributed by atoms with Crippen molar-refractivity contribution >= 4 is 79.9 Å². The molecule has 1 unspecified atom stereocenters. The normalized spacial score (nSPS) is 12.2. The van der Waals surface area contributed by atoms with Crippen LogP contribution in [0.2, 0.25) is 10.0 Å². The van der Waals surface area contributed by atoms with Crippen molar-refractivity contribution in [3.8, 4) is 5.75 Å². The average molecular weight is 543 g/mol. The zero-order chi connectivity index (χ0) is 25.3. The Balaban J connectivity index is 1.86. The van der Waals surface area contributed by atoms with Crippen LogP contribution in [-0.4, -0.2) is 28.8 Å². The number of nitrogens with zero attached hydrogens (tertiary/aromatic N) is 1. The maximum absolute atomic E-state index is 13.2. The van der Waals surface area contributed by atoms with Crippen molar-refractivity contribution in [3.05, 3.63) is 58.3 Å². The molecule has 0 radical (unpaired) electrons. The summed E-state index contributed by atoms with van der Waals surface area (Å²) in [6, 6.07) is 7.15. The number of carbonyl (C=O) groups excluding carboxylic acids is 2. The second-order valence-corrected chi connectivity index (χ2v) is 8.65. The van der Waals surface area contributed by atoms with Crippen LogP contribution in [0.15, 0.2) is 47.1 Å². The van der Waals surface area contributed by atoms with Gasteiger partial charge in [-0.15, -0.1) is 11.6 Å². The molecule has 182 valence electrons. The zero-order valence-corrected chi connectivity index (χ0v) is 20.1. The molecule has 0 saturated heterocycles. The first-order valence-corrected chi connectivity index (χ1v) is 11.4. The predicted octanol–water partition coefficient (Wildman–Crippen LogP) is 7.10. The van der Waals surface area contributed by atoms with Gasteiger partial charge in [0, 0.05) is 28.9 Å². The van der Waals surface area contributed by atoms with E-state index in [-0.39, 0.29) is 43.6 Å². The van der Waals surface area contributed by atoms with Crippen LogP contribution in [0.3, 0.4) is 0 Å². The molecule has 0 fully saturated rings. The van der Waals surface area contributed by atoms with Gasteiger partial charge in [-0.1, -0.05) is 30.1 Å². The molecule has 1 atom stereocenters. The molecule has 0 aliphatic heterocycles. The van der Waals surface area contributed by atoms with E-state index in [0.29, 0.717) is 17.5 Å². The number of furan rings is 1. The molecular formula is C23H16Cl3F2N3O4. The zero-order valence-electron chi connectivity index (χ0n) is 17.9. The largest absolute Gasteiger partial charge is 0.452 e. The van der Waals surface area contributed by atoms with E-state index < -0.39 is 23.8 Å². The molecule has 2 heterocycles. The van der Waals surface area contributed by atoms with E-state index in [0.717, 1.165) is 0 Å². The summed E-state index contributed by atoms with van der Waals surface area (Å²) in [6.07, 6.45) is 3.03. The summed E-state index contributed by atoms with van der Waals surface area (Å²) in [7, 11) is 0. The highest BCUT2D eigenvalue weighted by Gasteiger charge is 2.23. The first kappa shape index (κ1) is 25.0. The van der Waals surface area contributed by atoms with E-state index in [4.69, 9.17) is 39.2 Å². The highest BCUT2D eigenvalue weighted by atomic mass is 35.5. The molecule has 12 heteroatoms. The highest BCUT2D eigenvalue weighted by molar-refractivity contribution is 6.40. The number of fused-ring (bicyclic) bond motifs is 3. The van der Waals surface area contributed by atoms with Crippen molar-refractivity contribution in [2.75, 3.05) is 10.6 Å². The van der Waals surface area contributed by atoms with Crippen LogP contribution in [0.1, 0.15) is 23.7 Å². The number of rotatable bonds is 7. The first-order chi connectivity index (χ1) is 16.7. The minimum absolute atomic E-state index is 0.0663. The van der Waals surface area contributed by atoms with E-state index in [2.05, 4.69) is 20.4 Å². The fraction of sp³-hybridized carbons (Fsp3) is 0.174. The monoisotopic (exact) mass is 541 g/mol. The van der Waals surface area contributed by atoms with Gasteiger partial charge < -0.3 is 19.8 Å². The number of pyridine rings is 1. The SMILES string of the molecule is CCC(Cl)C(=O)Nc1ccc2oc3c(OC(F)F)ccc(C(=O)Nc4c(Cl)cncc4Cl)c3c2c1. The van der Waals surface area contributed by atoms with Crippen molar-refractivity contribution in [1.82, 2.24) is 4.98 Å². The molecule has 4 rings (SSSR count). The van der Waals surface area contributed by atoms with Crippen molar-refractivity contribution in [2.45, 2.75) is 25.3 Å². The molecule has 7 nitrogen and oxygen atoms in total. The standard InChI is InChI=1S/C23H16Cl3F2N3O4/c1-2-13(24)22(33)30-10-3-5-16-12(7-10)18-11(4-6-17(20(18)34-16)35-23(27)28)21(32)31-19-14(25)8-29-9-15(19)26/h3-9,13,23H,2H2,1H3,(H,30,33)(H,29,31,32). The molecule has 35 heavy (non-hydrogen) atoms. The molecule has 2 aromatic carbocycles. The third-order valence-corrected chi connectivity index (χ3v) is 6.13. The smallest absolute Gasteiger partial charge is 0.387 e. The molecule has 2 amide bonds.